The van der Waals surface area contributed by atoms with Crippen molar-refractivity contribution in [3.05, 3.63) is 56.5 Å². The van der Waals surface area contributed by atoms with E-state index in [2.05, 4.69) is 0 Å². The van der Waals surface area contributed by atoms with E-state index in [9.17, 15) is 10.2 Å². The van der Waals surface area contributed by atoms with E-state index in [0.29, 0.717) is 10.0 Å². The van der Waals surface area contributed by atoms with Crippen molar-refractivity contribution in [2.75, 3.05) is 0 Å². The number of rotatable bonds is 2. The number of hydrogen-bond donors (Lipinski definition) is 2. The molecule has 1 aliphatic carbocycles. The Hall–Kier alpha value is -1.09. The van der Waals surface area contributed by atoms with Gasteiger partial charge in [0.15, 0.2) is 0 Å². The average Bonchev–Trinajstić information content (AvgIpc) is 2.54. The van der Waals surface area contributed by atoms with E-state index in [0.717, 1.165) is 36.8 Å². The van der Waals surface area contributed by atoms with E-state index < -0.39 is 0 Å². The molecule has 0 radical (unpaired) electrons. The lowest BCUT2D eigenvalue weighted by atomic mass is 9.65. The minimum atomic E-state index is -0.350. The zero-order chi connectivity index (χ0) is 16.6. The summed E-state index contributed by atoms with van der Waals surface area (Å²) in [6.07, 6.45) is 5.09. The van der Waals surface area contributed by atoms with Crippen LogP contribution in [0.2, 0.25) is 15.1 Å². The van der Waals surface area contributed by atoms with Gasteiger partial charge in [-0.2, -0.15) is 0 Å². The monoisotopic (exact) mass is 370 g/mol. The number of aromatic hydroxyl groups is 2. The fourth-order valence-corrected chi connectivity index (χ4v) is 4.60. The van der Waals surface area contributed by atoms with Crippen LogP contribution in [0.3, 0.4) is 0 Å². The van der Waals surface area contributed by atoms with E-state index in [1.807, 2.05) is 12.1 Å². The third-order valence-corrected chi connectivity index (χ3v) is 5.90. The predicted octanol–water partition coefficient (Wildman–Crippen LogP) is 6.31. The molecule has 1 saturated carbocycles. The molecule has 2 aromatic rings. The number of benzene rings is 2. The smallest absolute Gasteiger partial charge is 0.137 e. The fourth-order valence-electron chi connectivity index (χ4n) is 3.64. The number of phenolic OH excluding ortho intramolecular Hbond substituents is 2. The third kappa shape index (κ3) is 2.88. The zero-order valence-corrected chi connectivity index (χ0v) is 14.7. The van der Waals surface area contributed by atoms with Gasteiger partial charge >= 0.3 is 0 Å². The molecule has 0 atom stereocenters. The van der Waals surface area contributed by atoms with E-state index in [4.69, 9.17) is 34.8 Å². The molecule has 0 aliphatic heterocycles. The summed E-state index contributed by atoms with van der Waals surface area (Å²) in [5.74, 6) is 0.114. The van der Waals surface area contributed by atoms with Gasteiger partial charge in [0, 0.05) is 22.1 Å². The summed E-state index contributed by atoms with van der Waals surface area (Å²) >= 11 is 19.1. The number of hydrogen-bond acceptors (Lipinski definition) is 2. The van der Waals surface area contributed by atoms with Gasteiger partial charge < -0.3 is 10.2 Å². The van der Waals surface area contributed by atoms with E-state index in [1.165, 1.54) is 12.5 Å². The number of phenols is 2. The standard InChI is InChI=1S/C18H17Cl3O2/c19-13-10-14(23)16(20)17(21)15(13)18(8-2-1-3-9-18)11-4-6-12(22)7-5-11/h4-7,10,22-23H,1-3,8-9H2. The average molecular weight is 372 g/mol. The van der Waals surface area contributed by atoms with E-state index in [1.54, 1.807) is 12.1 Å². The van der Waals surface area contributed by atoms with Gasteiger partial charge in [-0.1, -0.05) is 66.2 Å². The van der Waals surface area contributed by atoms with Crippen LogP contribution >= 0.6 is 34.8 Å². The van der Waals surface area contributed by atoms with Crippen molar-refractivity contribution in [1.82, 2.24) is 0 Å². The Kier molecular flexibility index (Phi) is 4.68. The van der Waals surface area contributed by atoms with Crippen molar-refractivity contribution in [2.45, 2.75) is 37.5 Å². The summed E-state index contributed by atoms with van der Waals surface area (Å²) in [5.41, 5.74) is 1.48. The van der Waals surface area contributed by atoms with Gasteiger partial charge in [0.1, 0.15) is 16.5 Å². The molecule has 2 aromatic carbocycles. The van der Waals surface area contributed by atoms with Crippen LogP contribution in [-0.2, 0) is 5.41 Å². The summed E-state index contributed by atoms with van der Waals surface area (Å²) in [6, 6.07) is 8.63. The Morgan fingerprint density at radius 1 is 0.826 bits per heavy atom. The van der Waals surface area contributed by atoms with Gasteiger partial charge in [-0.15, -0.1) is 0 Å². The van der Waals surface area contributed by atoms with Gasteiger partial charge in [-0.3, -0.25) is 0 Å². The molecule has 0 bridgehead atoms. The fraction of sp³-hybridized carbons (Fsp3) is 0.333. The van der Waals surface area contributed by atoms with Crippen molar-refractivity contribution in [2.24, 2.45) is 0 Å². The van der Waals surface area contributed by atoms with Crippen LogP contribution in [0.5, 0.6) is 11.5 Å². The minimum Gasteiger partial charge on any atom is -0.508 e. The maximum atomic E-state index is 9.86. The molecule has 0 saturated heterocycles. The largest absolute Gasteiger partial charge is 0.508 e. The van der Waals surface area contributed by atoms with Crippen LogP contribution in [0, 0.1) is 0 Å². The summed E-state index contributed by atoms with van der Waals surface area (Å²) in [4.78, 5) is 0. The van der Waals surface area contributed by atoms with Crippen LogP contribution in [0.25, 0.3) is 0 Å². The molecule has 122 valence electrons. The molecule has 0 heterocycles. The Bertz CT molecular complexity index is 720. The molecular weight excluding hydrogens is 355 g/mol. The van der Waals surface area contributed by atoms with Gasteiger partial charge in [-0.05, 0) is 30.5 Å². The second-order valence-corrected chi connectivity index (χ2v) is 7.23. The summed E-state index contributed by atoms with van der Waals surface area (Å²) < 4.78 is 0. The van der Waals surface area contributed by atoms with Crippen molar-refractivity contribution in [1.29, 1.82) is 0 Å². The van der Waals surface area contributed by atoms with E-state index >= 15 is 0 Å². The maximum Gasteiger partial charge on any atom is 0.137 e. The molecule has 0 unspecified atom stereocenters. The molecule has 1 fully saturated rings. The first kappa shape index (κ1) is 16.8. The lowest BCUT2D eigenvalue weighted by Crippen LogP contribution is -2.31. The third-order valence-electron chi connectivity index (χ3n) is 4.74. The highest BCUT2D eigenvalue weighted by Gasteiger charge is 2.40. The van der Waals surface area contributed by atoms with Crippen LogP contribution in [0.15, 0.2) is 30.3 Å². The molecular formula is C18H17Cl3O2. The Balaban J connectivity index is 2.25. The first-order chi connectivity index (χ1) is 11.0. The maximum absolute atomic E-state index is 9.86. The van der Waals surface area contributed by atoms with E-state index in [-0.39, 0.29) is 21.9 Å². The SMILES string of the molecule is Oc1ccc(C2(c3c(Cl)cc(O)c(Cl)c3Cl)CCCCC2)cc1. The van der Waals surface area contributed by atoms with Crippen LogP contribution in [0.1, 0.15) is 43.2 Å². The quantitative estimate of drug-likeness (QED) is 0.607. The second-order valence-electron chi connectivity index (χ2n) is 6.07. The summed E-state index contributed by atoms with van der Waals surface area (Å²) in [7, 11) is 0. The molecule has 0 spiro atoms. The van der Waals surface area contributed by atoms with Crippen molar-refractivity contribution in [3.63, 3.8) is 0 Å². The second kappa shape index (κ2) is 6.43. The molecule has 2 nitrogen and oxygen atoms in total. The molecule has 5 heteroatoms. The molecule has 23 heavy (non-hydrogen) atoms. The normalized spacial score (nSPS) is 17.2. The molecule has 2 N–H and O–H groups in total. The Morgan fingerprint density at radius 2 is 1.43 bits per heavy atom. The Labute approximate surface area is 150 Å². The Morgan fingerprint density at radius 3 is 2.04 bits per heavy atom. The summed E-state index contributed by atoms with van der Waals surface area (Å²) in [5, 5.41) is 20.3. The molecule has 0 amide bonds. The van der Waals surface area contributed by atoms with Crippen molar-refractivity contribution < 1.29 is 10.2 Å². The van der Waals surface area contributed by atoms with Gasteiger partial charge in [0.05, 0.1) is 5.02 Å². The highest BCUT2D eigenvalue weighted by Crippen LogP contribution is 2.52. The molecule has 3 rings (SSSR count). The van der Waals surface area contributed by atoms with Gasteiger partial charge in [0.25, 0.3) is 0 Å². The lowest BCUT2D eigenvalue weighted by Gasteiger charge is -2.40. The zero-order valence-electron chi connectivity index (χ0n) is 12.5. The minimum absolute atomic E-state index is 0.109. The van der Waals surface area contributed by atoms with Crippen LogP contribution < -0.4 is 0 Å². The van der Waals surface area contributed by atoms with Crippen LogP contribution in [0.4, 0.5) is 0 Å². The first-order valence-corrected chi connectivity index (χ1v) is 8.75. The van der Waals surface area contributed by atoms with Crippen molar-refractivity contribution >= 4 is 34.8 Å². The lowest BCUT2D eigenvalue weighted by molar-refractivity contribution is 0.345. The highest BCUT2D eigenvalue weighted by molar-refractivity contribution is 6.45. The highest BCUT2D eigenvalue weighted by atomic mass is 35.5. The van der Waals surface area contributed by atoms with Gasteiger partial charge in [0.2, 0.25) is 0 Å². The van der Waals surface area contributed by atoms with Gasteiger partial charge in [-0.25, -0.2) is 0 Å². The topological polar surface area (TPSA) is 40.5 Å². The molecule has 1 aliphatic rings. The first-order valence-electron chi connectivity index (χ1n) is 7.62. The number of halogens is 3. The van der Waals surface area contributed by atoms with Crippen LogP contribution in [-0.4, -0.2) is 10.2 Å². The summed E-state index contributed by atoms with van der Waals surface area (Å²) in [6.45, 7) is 0. The molecule has 0 aromatic heterocycles. The van der Waals surface area contributed by atoms with Crippen molar-refractivity contribution in [3.8, 4) is 11.5 Å². The predicted molar refractivity (Wildman–Crippen MR) is 95.1 cm³/mol.